The van der Waals surface area contributed by atoms with Crippen LogP contribution in [0.4, 0.5) is 0 Å². The van der Waals surface area contributed by atoms with Crippen LogP contribution in [-0.2, 0) is 0 Å². The molecule has 0 saturated heterocycles. The second kappa shape index (κ2) is 6.71. The van der Waals surface area contributed by atoms with Gasteiger partial charge in [0.15, 0.2) is 0 Å². The van der Waals surface area contributed by atoms with Gasteiger partial charge in [0.2, 0.25) is 5.56 Å². The lowest BCUT2D eigenvalue weighted by Crippen LogP contribution is -2.29. The molecule has 0 saturated carbocycles. The molecule has 0 spiro atoms. The molecule has 1 atom stereocenters. The summed E-state index contributed by atoms with van der Waals surface area (Å²) in [6.45, 7) is 0.0400. The highest BCUT2D eigenvalue weighted by Crippen LogP contribution is 2.23. The van der Waals surface area contributed by atoms with Crippen LogP contribution in [0.3, 0.4) is 0 Å². The highest BCUT2D eigenvalue weighted by Gasteiger charge is 2.14. The van der Waals surface area contributed by atoms with E-state index in [0.717, 1.165) is 0 Å². The van der Waals surface area contributed by atoms with Gasteiger partial charge in [-0.2, -0.15) is 0 Å². The van der Waals surface area contributed by atoms with Gasteiger partial charge >= 0.3 is 0 Å². The number of rotatable bonds is 5. The van der Waals surface area contributed by atoms with E-state index in [1.54, 1.807) is 24.3 Å². The number of pyridine rings is 1. The Labute approximate surface area is 121 Å². The van der Waals surface area contributed by atoms with Crippen molar-refractivity contribution in [3.8, 4) is 5.75 Å². The molecule has 1 aromatic carbocycles. The lowest BCUT2D eigenvalue weighted by molar-refractivity contribution is 0.0914. The summed E-state index contributed by atoms with van der Waals surface area (Å²) in [7, 11) is 1.52. The minimum absolute atomic E-state index is 0.0400. The van der Waals surface area contributed by atoms with E-state index in [0.29, 0.717) is 16.9 Å². The Balaban J connectivity index is 2.00. The van der Waals surface area contributed by atoms with Crippen LogP contribution in [0.2, 0.25) is 0 Å². The van der Waals surface area contributed by atoms with E-state index in [1.807, 2.05) is 0 Å². The number of aromatic nitrogens is 1. The Kier molecular flexibility index (Phi) is 4.73. The van der Waals surface area contributed by atoms with Crippen molar-refractivity contribution < 1.29 is 14.6 Å². The van der Waals surface area contributed by atoms with Gasteiger partial charge in [0.25, 0.3) is 5.91 Å². The summed E-state index contributed by atoms with van der Waals surface area (Å²) in [6.07, 6.45) is 0.445. The Hall–Kier alpha value is -2.60. The first kappa shape index (κ1) is 14.8. The van der Waals surface area contributed by atoms with E-state index < -0.39 is 6.10 Å². The number of methoxy groups -OCH3 is 1. The standard InChI is InChI=1S/C15H16N2O4/c1-21-13-5-3-2-4-11(13)12(18)9-17-15(20)10-6-7-14(19)16-8-10/h2-8,12,18H,9H2,1H3,(H,16,19)(H,17,20)/t12-/m1/s1. The first-order valence-electron chi connectivity index (χ1n) is 6.39. The van der Waals surface area contributed by atoms with Crippen molar-refractivity contribution in [2.45, 2.75) is 6.10 Å². The van der Waals surface area contributed by atoms with Crippen molar-refractivity contribution >= 4 is 5.91 Å². The highest BCUT2D eigenvalue weighted by molar-refractivity contribution is 5.93. The number of ether oxygens (including phenoxy) is 1. The van der Waals surface area contributed by atoms with Gasteiger partial charge in [0.05, 0.1) is 18.8 Å². The van der Waals surface area contributed by atoms with E-state index in [2.05, 4.69) is 10.3 Å². The fourth-order valence-corrected chi connectivity index (χ4v) is 1.89. The first-order chi connectivity index (χ1) is 10.1. The first-order valence-corrected chi connectivity index (χ1v) is 6.39. The van der Waals surface area contributed by atoms with Crippen molar-refractivity contribution in [3.05, 3.63) is 64.1 Å². The third-order valence-corrected chi connectivity index (χ3v) is 3.00. The number of hydrogen-bond acceptors (Lipinski definition) is 4. The zero-order valence-corrected chi connectivity index (χ0v) is 11.5. The largest absolute Gasteiger partial charge is 0.496 e. The van der Waals surface area contributed by atoms with Gasteiger partial charge in [0, 0.05) is 24.4 Å². The lowest BCUT2D eigenvalue weighted by Gasteiger charge is -2.15. The average molecular weight is 288 g/mol. The molecule has 6 nitrogen and oxygen atoms in total. The maximum Gasteiger partial charge on any atom is 0.252 e. The van der Waals surface area contributed by atoms with E-state index >= 15 is 0 Å². The number of hydrogen-bond donors (Lipinski definition) is 3. The summed E-state index contributed by atoms with van der Waals surface area (Å²) in [4.78, 5) is 25.2. The summed E-state index contributed by atoms with van der Waals surface area (Å²) in [5.41, 5.74) is 0.643. The van der Waals surface area contributed by atoms with Gasteiger partial charge in [-0.15, -0.1) is 0 Å². The molecule has 6 heteroatoms. The van der Waals surface area contributed by atoms with Gasteiger partial charge in [-0.3, -0.25) is 9.59 Å². The maximum atomic E-state index is 11.9. The van der Waals surface area contributed by atoms with E-state index in [1.165, 1.54) is 25.4 Å². The molecule has 0 aliphatic heterocycles. The highest BCUT2D eigenvalue weighted by atomic mass is 16.5. The van der Waals surface area contributed by atoms with Crippen LogP contribution in [0.15, 0.2) is 47.4 Å². The van der Waals surface area contributed by atoms with E-state index in [-0.39, 0.29) is 18.0 Å². The Morgan fingerprint density at radius 3 is 2.76 bits per heavy atom. The summed E-state index contributed by atoms with van der Waals surface area (Å²) < 4.78 is 5.16. The van der Waals surface area contributed by atoms with Crippen LogP contribution < -0.4 is 15.6 Å². The van der Waals surface area contributed by atoms with Crippen molar-refractivity contribution in [3.63, 3.8) is 0 Å². The zero-order chi connectivity index (χ0) is 15.2. The molecule has 2 rings (SSSR count). The lowest BCUT2D eigenvalue weighted by atomic mass is 10.1. The molecule has 0 radical (unpaired) electrons. The van der Waals surface area contributed by atoms with Gasteiger partial charge in [-0.25, -0.2) is 0 Å². The molecular weight excluding hydrogens is 272 g/mol. The summed E-state index contributed by atoms with van der Waals surface area (Å²) >= 11 is 0. The number of aliphatic hydroxyl groups is 1. The van der Waals surface area contributed by atoms with Crippen LogP contribution >= 0.6 is 0 Å². The smallest absolute Gasteiger partial charge is 0.252 e. The zero-order valence-electron chi connectivity index (χ0n) is 11.5. The second-order valence-corrected chi connectivity index (χ2v) is 4.41. The molecule has 1 heterocycles. The molecule has 2 aromatic rings. The molecule has 3 N–H and O–H groups in total. The van der Waals surface area contributed by atoms with Gasteiger partial charge in [0.1, 0.15) is 5.75 Å². The number of aliphatic hydroxyl groups excluding tert-OH is 1. The number of amides is 1. The third kappa shape index (κ3) is 3.70. The molecule has 1 amide bonds. The minimum atomic E-state index is -0.882. The fraction of sp³-hybridized carbons (Fsp3) is 0.200. The summed E-state index contributed by atoms with van der Waals surface area (Å²) in [6, 6.07) is 9.74. The predicted molar refractivity (Wildman–Crippen MR) is 77.3 cm³/mol. The molecule has 21 heavy (non-hydrogen) atoms. The van der Waals surface area contributed by atoms with Gasteiger partial charge < -0.3 is 20.1 Å². The minimum Gasteiger partial charge on any atom is -0.496 e. The number of para-hydroxylation sites is 1. The summed E-state index contributed by atoms with van der Waals surface area (Å²) in [5.74, 6) is 0.184. The number of H-pyrrole nitrogens is 1. The van der Waals surface area contributed by atoms with Crippen molar-refractivity contribution in [2.75, 3.05) is 13.7 Å². The topological polar surface area (TPSA) is 91.4 Å². The predicted octanol–water partition coefficient (Wildman–Crippen LogP) is 0.847. The molecule has 0 aliphatic carbocycles. The Morgan fingerprint density at radius 2 is 2.10 bits per heavy atom. The normalized spacial score (nSPS) is 11.7. The second-order valence-electron chi connectivity index (χ2n) is 4.41. The Bertz CT molecular complexity index is 661. The third-order valence-electron chi connectivity index (χ3n) is 3.00. The molecule has 0 bridgehead atoms. The summed E-state index contributed by atoms with van der Waals surface area (Å²) in [5, 5.41) is 12.7. The maximum absolute atomic E-state index is 11.9. The molecule has 110 valence electrons. The molecular formula is C15H16N2O4. The molecule has 1 aromatic heterocycles. The van der Waals surface area contributed by atoms with Crippen LogP contribution in [0, 0.1) is 0 Å². The molecule has 0 fully saturated rings. The van der Waals surface area contributed by atoms with Crippen LogP contribution in [0.1, 0.15) is 22.0 Å². The van der Waals surface area contributed by atoms with Crippen molar-refractivity contribution in [1.82, 2.24) is 10.3 Å². The van der Waals surface area contributed by atoms with E-state index in [4.69, 9.17) is 4.74 Å². The number of carbonyl (C=O) groups is 1. The van der Waals surface area contributed by atoms with Crippen molar-refractivity contribution in [1.29, 1.82) is 0 Å². The monoisotopic (exact) mass is 288 g/mol. The van der Waals surface area contributed by atoms with E-state index in [9.17, 15) is 14.7 Å². The number of aromatic amines is 1. The number of nitrogens with one attached hydrogen (secondary N) is 2. The van der Waals surface area contributed by atoms with Gasteiger partial charge in [-0.1, -0.05) is 18.2 Å². The number of carbonyl (C=O) groups excluding carboxylic acids is 1. The van der Waals surface area contributed by atoms with Crippen molar-refractivity contribution in [2.24, 2.45) is 0 Å². The Morgan fingerprint density at radius 1 is 1.33 bits per heavy atom. The van der Waals surface area contributed by atoms with Crippen LogP contribution in [-0.4, -0.2) is 29.7 Å². The average Bonchev–Trinajstić information content (AvgIpc) is 2.52. The van der Waals surface area contributed by atoms with Crippen LogP contribution in [0.25, 0.3) is 0 Å². The quantitative estimate of drug-likeness (QED) is 0.760. The molecule has 0 aliphatic rings. The van der Waals surface area contributed by atoms with Crippen LogP contribution in [0.5, 0.6) is 5.75 Å². The molecule has 0 unspecified atom stereocenters. The van der Waals surface area contributed by atoms with Gasteiger partial charge in [-0.05, 0) is 12.1 Å². The SMILES string of the molecule is COc1ccccc1[C@H](O)CNC(=O)c1ccc(=O)[nH]c1. The number of benzene rings is 1. The fourth-order valence-electron chi connectivity index (χ4n) is 1.89.